The summed E-state index contributed by atoms with van der Waals surface area (Å²) in [4.78, 5) is 22.0. The first-order chi connectivity index (χ1) is 15.4. The summed E-state index contributed by atoms with van der Waals surface area (Å²) in [6, 6.07) is 8.61. The molecule has 2 aromatic heterocycles. The van der Waals surface area contributed by atoms with E-state index in [0.29, 0.717) is 42.7 Å². The van der Waals surface area contributed by atoms with Crippen LogP contribution in [0.25, 0.3) is 0 Å². The summed E-state index contributed by atoms with van der Waals surface area (Å²) < 4.78 is 0.336. The number of halogens is 2. The van der Waals surface area contributed by atoms with E-state index in [4.69, 9.17) is 23.2 Å². The van der Waals surface area contributed by atoms with Gasteiger partial charge in [0.15, 0.2) is 0 Å². The van der Waals surface area contributed by atoms with Gasteiger partial charge in [-0.05, 0) is 48.4 Å². The normalized spacial score (nSPS) is 21.5. The summed E-state index contributed by atoms with van der Waals surface area (Å²) in [5.41, 5.74) is 1.38. The Kier molecular flexibility index (Phi) is 7.12. The molecular formula is C23H23Cl2N3O3S. The standard InChI is InChI=1S/C23H23Cl2N3O3S/c1-12-5-16(7-14(12)10-29)28-23-18(9-26-11-27-23)21(31)19-8-17(22(25)32-19)20(30)13-3-2-4-15(24)6-13/h2-4,6,8-9,11-12,14,16,20,29-30H,5,7,10H2,1H3,(H,26,27,28)/t12-,14+,16-,20?/m0/s1. The number of aliphatic hydroxyl groups excluding tert-OH is 2. The molecule has 1 aliphatic carbocycles. The highest BCUT2D eigenvalue weighted by Crippen LogP contribution is 2.38. The highest BCUT2D eigenvalue weighted by Gasteiger charge is 2.32. The number of benzene rings is 1. The monoisotopic (exact) mass is 491 g/mol. The van der Waals surface area contributed by atoms with E-state index in [0.717, 1.165) is 24.2 Å². The minimum Gasteiger partial charge on any atom is -0.396 e. The Bertz CT molecular complexity index is 1120. The van der Waals surface area contributed by atoms with Gasteiger partial charge in [0, 0.05) is 29.4 Å². The van der Waals surface area contributed by atoms with Gasteiger partial charge in [-0.2, -0.15) is 0 Å². The lowest BCUT2D eigenvalue weighted by Gasteiger charge is -2.15. The van der Waals surface area contributed by atoms with Gasteiger partial charge in [0.1, 0.15) is 18.2 Å². The summed E-state index contributed by atoms with van der Waals surface area (Å²) in [6.45, 7) is 2.27. The van der Waals surface area contributed by atoms with E-state index in [1.165, 1.54) is 12.5 Å². The zero-order valence-corrected chi connectivity index (χ0v) is 19.7. The van der Waals surface area contributed by atoms with E-state index in [1.807, 2.05) is 0 Å². The lowest BCUT2D eigenvalue weighted by Crippen LogP contribution is -2.19. The van der Waals surface area contributed by atoms with Gasteiger partial charge in [-0.15, -0.1) is 11.3 Å². The first kappa shape index (κ1) is 23.1. The molecule has 32 heavy (non-hydrogen) atoms. The van der Waals surface area contributed by atoms with Crippen LogP contribution in [-0.2, 0) is 0 Å². The number of rotatable bonds is 7. The van der Waals surface area contributed by atoms with E-state index < -0.39 is 6.10 Å². The molecule has 0 bridgehead atoms. The molecule has 3 aromatic rings. The van der Waals surface area contributed by atoms with Crippen molar-refractivity contribution in [2.24, 2.45) is 11.8 Å². The lowest BCUT2D eigenvalue weighted by atomic mass is 10.00. The summed E-state index contributed by atoms with van der Waals surface area (Å²) in [5.74, 6) is 0.821. The van der Waals surface area contributed by atoms with Gasteiger partial charge in [-0.3, -0.25) is 4.79 Å². The summed E-state index contributed by atoms with van der Waals surface area (Å²) in [5, 5.41) is 24.2. The molecule has 0 spiro atoms. The van der Waals surface area contributed by atoms with Crippen LogP contribution in [0.3, 0.4) is 0 Å². The Balaban J connectivity index is 1.57. The van der Waals surface area contributed by atoms with Gasteiger partial charge in [0.05, 0.1) is 14.8 Å². The number of aromatic nitrogens is 2. The first-order valence-electron chi connectivity index (χ1n) is 10.3. The average molecular weight is 492 g/mol. The molecule has 1 saturated carbocycles. The van der Waals surface area contributed by atoms with Crippen molar-refractivity contribution in [1.82, 2.24) is 9.97 Å². The van der Waals surface area contributed by atoms with Crippen molar-refractivity contribution in [1.29, 1.82) is 0 Å². The molecule has 0 saturated heterocycles. The number of ketones is 1. The first-order valence-corrected chi connectivity index (χ1v) is 11.9. The smallest absolute Gasteiger partial charge is 0.208 e. The highest BCUT2D eigenvalue weighted by atomic mass is 35.5. The van der Waals surface area contributed by atoms with Crippen LogP contribution in [-0.4, -0.2) is 38.6 Å². The molecular weight excluding hydrogens is 469 g/mol. The molecule has 1 aromatic carbocycles. The van der Waals surface area contributed by atoms with Crippen molar-refractivity contribution in [3.8, 4) is 0 Å². The third kappa shape index (κ3) is 4.82. The van der Waals surface area contributed by atoms with Crippen LogP contribution in [0.2, 0.25) is 9.36 Å². The molecule has 4 rings (SSSR count). The minimum absolute atomic E-state index is 0.121. The van der Waals surface area contributed by atoms with Gasteiger partial charge in [-0.1, -0.05) is 42.3 Å². The molecule has 1 aliphatic rings. The number of anilines is 1. The van der Waals surface area contributed by atoms with Crippen molar-refractivity contribution in [3.63, 3.8) is 0 Å². The zero-order valence-electron chi connectivity index (χ0n) is 17.3. The van der Waals surface area contributed by atoms with Gasteiger partial charge < -0.3 is 15.5 Å². The Hall–Kier alpha value is -2.03. The van der Waals surface area contributed by atoms with Crippen molar-refractivity contribution >= 4 is 46.1 Å². The van der Waals surface area contributed by atoms with Crippen LogP contribution in [0.1, 0.15) is 52.2 Å². The molecule has 1 fully saturated rings. The summed E-state index contributed by atoms with van der Waals surface area (Å²) >= 11 is 13.5. The average Bonchev–Trinajstić information content (AvgIpc) is 3.35. The number of thiophene rings is 1. The van der Waals surface area contributed by atoms with E-state index in [-0.39, 0.29) is 24.3 Å². The number of hydrogen-bond acceptors (Lipinski definition) is 7. The molecule has 0 amide bonds. The molecule has 168 valence electrons. The molecule has 4 atom stereocenters. The number of carbonyl (C=O) groups excluding carboxylic acids is 1. The van der Waals surface area contributed by atoms with E-state index >= 15 is 0 Å². The van der Waals surface area contributed by atoms with Gasteiger partial charge in [0.25, 0.3) is 0 Å². The van der Waals surface area contributed by atoms with Crippen LogP contribution in [0, 0.1) is 11.8 Å². The van der Waals surface area contributed by atoms with Crippen LogP contribution in [0.15, 0.2) is 42.9 Å². The van der Waals surface area contributed by atoms with Gasteiger partial charge >= 0.3 is 0 Å². The molecule has 1 unspecified atom stereocenters. The number of hydrogen-bond donors (Lipinski definition) is 3. The van der Waals surface area contributed by atoms with E-state index in [1.54, 1.807) is 30.3 Å². The summed E-state index contributed by atoms with van der Waals surface area (Å²) in [6.07, 6.45) is 3.59. The minimum atomic E-state index is -1.00. The lowest BCUT2D eigenvalue weighted by molar-refractivity contribution is 0.104. The Morgan fingerprint density at radius 2 is 2.12 bits per heavy atom. The Morgan fingerprint density at radius 3 is 2.84 bits per heavy atom. The topological polar surface area (TPSA) is 95.3 Å². The Morgan fingerprint density at radius 1 is 1.31 bits per heavy atom. The second-order valence-corrected chi connectivity index (χ2v) is 10.2. The van der Waals surface area contributed by atoms with Crippen LogP contribution in [0.5, 0.6) is 0 Å². The number of carbonyl (C=O) groups is 1. The molecule has 2 heterocycles. The molecule has 6 nitrogen and oxygen atoms in total. The maximum atomic E-state index is 13.3. The van der Waals surface area contributed by atoms with E-state index in [9.17, 15) is 15.0 Å². The van der Waals surface area contributed by atoms with E-state index in [2.05, 4.69) is 22.2 Å². The predicted octanol–water partition coefficient (Wildman–Crippen LogP) is 4.98. The number of aliphatic hydroxyl groups is 2. The molecule has 9 heteroatoms. The summed E-state index contributed by atoms with van der Waals surface area (Å²) in [7, 11) is 0. The number of nitrogens with zero attached hydrogens (tertiary/aromatic N) is 2. The largest absolute Gasteiger partial charge is 0.396 e. The van der Waals surface area contributed by atoms with Crippen molar-refractivity contribution in [2.45, 2.75) is 31.9 Å². The Labute approximate surface area is 200 Å². The van der Waals surface area contributed by atoms with Crippen molar-refractivity contribution in [3.05, 3.63) is 73.8 Å². The van der Waals surface area contributed by atoms with Crippen LogP contribution < -0.4 is 5.32 Å². The second-order valence-electron chi connectivity index (χ2n) is 8.14. The molecule has 0 radical (unpaired) electrons. The fourth-order valence-electron chi connectivity index (χ4n) is 4.18. The second kappa shape index (κ2) is 9.85. The molecule has 0 aliphatic heterocycles. The fourth-order valence-corrected chi connectivity index (χ4v) is 5.66. The fraction of sp³-hybridized carbons (Fsp3) is 0.348. The third-order valence-corrected chi connectivity index (χ3v) is 7.60. The third-order valence-electron chi connectivity index (χ3n) is 5.98. The van der Waals surface area contributed by atoms with Gasteiger partial charge in [-0.25, -0.2) is 9.97 Å². The van der Waals surface area contributed by atoms with Crippen LogP contribution in [0.4, 0.5) is 5.82 Å². The predicted molar refractivity (Wildman–Crippen MR) is 127 cm³/mol. The quantitative estimate of drug-likeness (QED) is 0.403. The van der Waals surface area contributed by atoms with Crippen molar-refractivity contribution in [2.75, 3.05) is 11.9 Å². The maximum Gasteiger partial charge on any atom is 0.208 e. The molecule has 3 N–H and O–H groups in total. The number of nitrogens with one attached hydrogen (secondary N) is 1. The SMILES string of the molecule is C[C@H]1C[C@H](Nc2ncncc2C(=O)c2cc(C(O)c3cccc(Cl)c3)c(Cl)s2)C[C@@H]1CO. The van der Waals surface area contributed by atoms with Gasteiger partial charge in [0.2, 0.25) is 5.78 Å². The van der Waals surface area contributed by atoms with Crippen molar-refractivity contribution < 1.29 is 15.0 Å². The maximum absolute atomic E-state index is 13.3. The van der Waals surface area contributed by atoms with Crippen LogP contribution >= 0.6 is 34.5 Å². The highest BCUT2D eigenvalue weighted by molar-refractivity contribution is 7.18. The zero-order chi connectivity index (χ0) is 22.8.